The van der Waals surface area contributed by atoms with Crippen molar-refractivity contribution in [1.29, 1.82) is 0 Å². The minimum absolute atomic E-state index is 0.264. The maximum Gasteiger partial charge on any atom is 0.332 e. The number of esters is 1. The van der Waals surface area contributed by atoms with E-state index in [1.54, 1.807) is 0 Å². The van der Waals surface area contributed by atoms with E-state index in [9.17, 15) is 9.59 Å². The van der Waals surface area contributed by atoms with Crippen molar-refractivity contribution in [3.63, 3.8) is 0 Å². The number of rotatable bonds is 4. The largest absolute Gasteiger partial charge is 0.478 e. The Bertz CT molecular complexity index is 335. The molecule has 0 spiro atoms. The van der Waals surface area contributed by atoms with E-state index in [1.807, 2.05) is 0 Å². The molecule has 5 nitrogen and oxygen atoms in total. The lowest BCUT2D eigenvalue weighted by molar-refractivity contribution is -0.147. The van der Waals surface area contributed by atoms with Crippen LogP contribution in [0.5, 0.6) is 0 Å². The molecular formula is C12H17NO4. The van der Waals surface area contributed by atoms with Gasteiger partial charge in [0.05, 0.1) is 0 Å². The van der Waals surface area contributed by atoms with Gasteiger partial charge >= 0.3 is 11.9 Å². The van der Waals surface area contributed by atoms with Crippen molar-refractivity contribution in [3.05, 3.63) is 12.2 Å². The number of hydrogen-bond donors (Lipinski definition) is 2. The molecule has 2 fully saturated rings. The highest BCUT2D eigenvalue weighted by Crippen LogP contribution is 2.41. The first kappa shape index (κ1) is 12.1. The molecule has 1 aliphatic carbocycles. The van der Waals surface area contributed by atoms with Gasteiger partial charge in [-0.05, 0) is 37.6 Å². The molecule has 2 N–H and O–H groups in total. The van der Waals surface area contributed by atoms with Crippen LogP contribution in [0.4, 0.5) is 0 Å². The highest BCUT2D eigenvalue weighted by atomic mass is 16.6. The van der Waals surface area contributed by atoms with E-state index in [0.29, 0.717) is 5.92 Å². The minimum atomic E-state index is -1.14. The number of carboxylic acid groups (broad SMARTS) is 1. The maximum absolute atomic E-state index is 11.3. The molecule has 2 rings (SSSR count). The van der Waals surface area contributed by atoms with Gasteiger partial charge in [-0.2, -0.15) is 0 Å². The summed E-state index contributed by atoms with van der Waals surface area (Å²) in [5.74, 6) is -0.277. The minimum Gasteiger partial charge on any atom is -0.478 e. The maximum atomic E-state index is 11.3. The zero-order valence-electron chi connectivity index (χ0n) is 9.59. The van der Waals surface area contributed by atoms with Crippen LogP contribution in [0.25, 0.3) is 0 Å². The summed E-state index contributed by atoms with van der Waals surface area (Å²) >= 11 is 0. The molecule has 94 valence electrons. The molecular weight excluding hydrogens is 222 g/mol. The monoisotopic (exact) mass is 239 g/mol. The molecule has 0 amide bonds. The van der Waals surface area contributed by atoms with Crippen LogP contribution in [0.3, 0.4) is 0 Å². The van der Waals surface area contributed by atoms with Gasteiger partial charge in [-0.1, -0.05) is 0 Å². The summed E-state index contributed by atoms with van der Waals surface area (Å²) in [5, 5.41) is 11.5. The van der Waals surface area contributed by atoms with Crippen LogP contribution >= 0.6 is 0 Å². The van der Waals surface area contributed by atoms with Crippen molar-refractivity contribution in [1.82, 2.24) is 5.32 Å². The Morgan fingerprint density at radius 3 is 2.59 bits per heavy atom. The zero-order valence-corrected chi connectivity index (χ0v) is 9.59. The summed E-state index contributed by atoms with van der Waals surface area (Å²) in [6.07, 6.45) is 6.06. The predicted octanol–water partition coefficient (Wildman–Crippen LogP) is 0.906. The zero-order chi connectivity index (χ0) is 12.3. The van der Waals surface area contributed by atoms with Gasteiger partial charge < -0.3 is 9.84 Å². The van der Waals surface area contributed by atoms with Gasteiger partial charge in [0, 0.05) is 18.6 Å². The number of carboxylic acids is 1. The van der Waals surface area contributed by atoms with Crippen LogP contribution in [0, 0.1) is 11.8 Å². The van der Waals surface area contributed by atoms with Crippen molar-refractivity contribution in [2.45, 2.75) is 31.9 Å². The Morgan fingerprint density at radius 1 is 1.18 bits per heavy atom. The number of ether oxygens (including phenoxy) is 1. The molecule has 1 saturated carbocycles. The van der Waals surface area contributed by atoms with Crippen LogP contribution < -0.4 is 5.32 Å². The topological polar surface area (TPSA) is 75.6 Å². The van der Waals surface area contributed by atoms with E-state index in [2.05, 4.69) is 5.32 Å². The fourth-order valence-electron chi connectivity index (χ4n) is 2.31. The van der Waals surface area contributed by atoms with Crippen LogP contribution in [0.15, 0.2) is 12.2 Å². The smallest absolute Gasteiger partial charge is 0.332 e. The van der Waals surface area contributed by atoms with Crippen molar-refractivity contribution in [2.24, 2.45) is 11.8 Å². The molecule has 0 radical (unpaired) electrons. The Balaban J connectivity index is 1.77. The molecule has 17 heavy (non-hydrogen) atoms. The van der Waals surface area contributed by atoms with Gasteiger partial charge in [0.25, 0.3) is 0 Å². The normalized spacial score (nSPS) is 29.2. The third-order valence-corrected chi connectivity index (χ3v) is 3.31. The fraction of sp³-hybridized carbons (Fsp3) is 0.667. The summed E-state index contributed by atoms with van der Waals surface area (Å²) in [7, 11) is 0. The number of hydrogen-bond acceptors (Lipinski definition) is 4. The number of carbonyl (C=O) groups excluding carboxylic acids is 1. The average Bonchev–Trinajstić information content (AvgIpc) is 3.10. The Morgan fingerprint density at radius 2 is 1.94 bits per heavy atom. The van der Waals surface area contributed by atoms with E-state index < -0.39 is 11.9 Å². The average molecular weight is 239 g/mol. The lowest BCUT2D eigenvalue weighted by atomic mass is 9.92. The van der Waals surface area contributed by atoms with E-state index >= 15 is 0 Å². The third kappa shape index (κ3) is 3.85. The molecule has 2 aliphatic rings. The van der Waals surface area contributed by atoms with Crippen molar-refractivity contribution in [3.8, 4) is 0 Å². The molecule has 0 aromatic carbocycles. The first-order valence-electron chi connectivity index (χ1n) is 6.00. The highest BCUT2D eigenvalue weighted by Gasteiger charge is 2.35. The molecule has 0 bridgehead atoms. The predicted molar refractivity (Wildman–Crippen MR) is 60.1 cm³/mol. The molecule has 0 aromatic heterocycles. The third-order valence-electron chi connectivity index (χ3n) is 3.31. The van der Waals surface area contributed by atoms with E-state index in [1.165, 1.54) is 12.8 Å². The summed E-state index contributed by atoms with van der Waals surface area (Å²) in [6.45, 7) is 0.863. The van der Waals surface area contributed by atoms with Gasteiger partial charge in [0.1, 0.15) is 0 Å². The fourth-order valence-corrected chi connectivity index (χ4v) is 2.31. The molecule has 1 saturated heterocycles. The first-order valence-corrected chi connectivity index (χ1v) is 6.00. The number of piperidine rings is 1. The van der Waals surface area contributed by atoms with Crippen LogP contribution in [-0.4, -0.2) is 29.8 Å². The van der Waals surface area contributed by atoms with Crippen LogP contribution in [-0.2, 0) is 14.3 Å². The van der Waals surface area contributed by atoms with Gasteiger partial charge in [-0.25, -0.2) is 9.59 Å². The molecule has 1 unspecified atom stereocenters. The SMILES string of the molecule is O=C(O)/C=C\C(=O)O[C@H]1CC(C2CC2)CCN1. The number of aliphatic carboxylic acids is 1. The van der Waals surface area contributed by atoms with Crippen LogP contribution in [0.2, 0.25) is 0 Å². The summed E-state index contributed by atoms with van der Waals surface area (Å²) in [5.41, 5.74) is 0. The molecule has 1 aliphatic heterocycles. The Hall–Kier alpha value is -1.36. The van der Waals surface area contributed by atoms with E-state index in [-0.39, 0.29) is 6.23 Å². The van der Waals surface area contributed by atoms with Gasteiger partial charge in [0.2, 0.25) is 0 Å². The molecule has 5 heteroatoms. The molecule has 1 heterocycles. The summed E-state index contributed by atoms with van der Waals surface area (Å²) in [4.78, 5) is 21.5. The number of carbonyl (C=O) groups is 2. The molecule has 0 aromatic rings. The van der Waals surface area contributed by atoms with Crippen molar-refractivity contribution in [2.75, 3.05) is 6.54 Å². The standard InChI is InChI=1S/C12H17NO4/c14-11(15)3-4-12(16)17-10-7-9(5-6-13-10)8-1-2-8/h3-4,8-10,13H,1-2,5-7H2,(H,14,15)/b4-3-/t9?,10-/m0/s1. The summed E-state index contributed by atoms with van der Waals surface area (Å²) < 4.78 is 5.15. The first-order chi connectivity index (χ1) is 8.15. The van der Waals surface area contributed by atoms with Gasteiger partial charge in [0.15, 0.2) is 6.23 Å². The summed E-state index contributed by atoms with van der Waals surface area (Å²) in [6, 6.07) is 0. The molecule has 2 atom stereocenters. The Kier molecular flexibility index (Phi) is 3.78. The van der Waals surface area contributed by atoms with Crippen molar-refractivity contribution >= 4 is 11.9 Å². The van der Waals surface area contributed by atoms with E-state index in [4.69, 9.17) is 9.84 Å². The second kappa shape index (κ2) is 5.31. The van der Waals surface area contributed by atoms with Crippen LogP contribution in [0.1, 0.15) is 25.7 Å². The lowest BCUT2D eigenvalue weighted by Crippen LogP contribution is -2.41. The van der Waals surface area contributed by atoms with Crippen molar-refractivity contribution < 1.29 is 19.4 Å². The van der Waals surface area contributed by atoms with Gasteiger partial charge in [-0.15, -0.1) is 0 Å². The quantitative estimate of drug-likeness (QED) is 0.563. The lowest BCUT2D eigenvalue weighted by Gasteiger charge is -2.29. The van der Waals surface area contributed by atoms with E-state index in [0.717, 1.165) is 37.5 Å². The highest BCUT2D eigenvalue weighted by molar-refractivity contribution is 5.90. The van der Waals surface area contributed by atoms with Gasteiger partial charge in [-0.3, -0.25) is 5.32 Å². The number of nitrogens with one attached hydrogen (secondary N) is 1. The second-order valence-electron chi connectivity index (χ2n) is 4.67. The Labute approximate surface area is 99.8 Å². The second-order valence-corrected chi connectivity index (χ2v) is 4.67.